The molecule has 0 aliphatic carbocycles. The zero-order chi connectivity index (χ0) is 22.0. The minimum absolute atomic E-state index is 0.0705. The third-order valence-electron chi connectivity index (χ3n) is 4.92. The predicted octanol–water partition coefficient (Wildman–Crippen LogP) is 1.12. The zero-order valence-electron chi connectivity index (χ0n) is 16.3. The van der Waals surface area contributed by atoms with Crippen molar-refractivity contribution >= 4 is 11.9 Å². The molecular formula is C18H18F2N8O3. The van der Waals surface area contributed by atoms with Crippen LogP contribution >= 0.6 is 0 Å². The average molecular weight is 432 g/mol. The fourth-order valence-electron chi connectivity index (χ4n) is 3.32. The number of halogens is 2. The van der Waals surface area contributed by atoms with Crippen molar-refractivity contribution < 1.29 is 18.5 Å². The summed E-state index contributed by atoms with van der Waals surface area (Å²) in [4.78, 5) is 29.8. The highest BCUT2D eigenvalue weighted by molar-refractivity contribution is 5.92. The van der Waals surface area contributed by atoms with Gasteiger partial charge < -0.3 is 15.0 Å². The van der Waals surface area contributed by atoms with E-state index in [9.17, 15) is 23.7 Å². The van der Waals surface area contributed by atoms with Gasteiger partial charge in [-0.15, -0.1) is 0 Å². The van der Waals surface area contributed by atoms with Crippen molar-refractivity contribution in [2.24, 2.45) is 0 Å². The van der Waals surface area contributed by atoms with Crippen LogP contribution in [0, 0.1) is 21.7 Å². The van der Waals surface area contributed by atoms with E-state index in [1.54, 1.807) is 23.2 Å². The highest BCUT2D eigenvalue weighted by Crippen LogP contribution is 2.16. The van der Waals surface area contributed by atoms with Crippen molar-refractivity contribution in [2.75, 3.05) is 26.2 Å². The molecule has 0 atom stereocenters. The Morgan fingerprint density at radius 2 is 1.87 bits per heavy atom. The summed E-state index contributed by atoms with van der Waals surface area (Å²) in [6, 6.07) is 5.66. The molecule has 31 heavy (non-hydrogen) atoms. The molecule has 1 aromatic carbocycles. The summed E-state index contributed by atoms with van der Waals surface area (Å²) in [6.45, 7) is 2.23. The Hall–Kier alpha value is -3.74. The van der Waals surface area contributed by atoms with Gasteiger partial charge in [0.1, 0.15) is 5.69 Å². The Morgan fingerprint density at radius 3 is 2.58 bits per heavy atom. The Labute approximate surface area is 174 Å². The molecule has 0 saturated carbocycles. The SMILES string of the molecule is O=C(c1ccn(Cn2cnc([N+](=O)[O-])n2)n1)N1CCN(Cc2cccc(F)c2F)CC1. The molecule has 0 N–H and O–H groups in total. The number of carbonyl (C=O) groups is 1. The summed E-state index contributed by atoms with van der Waals surface area (Å²) in [5.74, 6) is -2.48. The van der Waals surface area contributed by atoms with Gasteiger partial charge in [-0.3, -0.25) is 9.69 Å². The van der Waals surface area contributed by atoms with E-state index in [1.165, 1.54) is 21.8 Å². The van der Waals surface area contributed by atoms with Crippen LogP contribution in [0.5, 0.6) is 0 Å². The second-order valence-corrected chi connectivity index (χ2v) is 7.00. The summed E-state index contributed by atoms with van der Waals surface area (Å²) in [6.07, 6.45) is 2.78. The fraction of sp³-hybridized carbons (Fsp3) is 0.333. The van der Waals surface area contributed by atoms with Gasteiger partial charge in [0.2, 0.25) is 6.33 Å². The van der Waals surface area contributed by atoms with Gasteiger partial charge in [-0.2, -0.15) is 9.78 Å². The molecule has 1 aliphatic heterocycles. The first kappa shape index (κ1) is 20.5. The molecule has 1 amide bonds. The molecule has 11 nitrogen and oxygen atoms in total. The summed E-state index contributed by atoms with van der Waals surface area (Å²) < 4.78 is 29.9. The van der Waals surface area contributed by atoms with Crippen LogP contribution in [0.15, 0.2) is 36.8 Å². The zero-order valence-corrected chi connectivity index (χ0v) is 16.3. The second kappa shape index (κ2) is 8.55. The topological polar surface area (TPSA) is 115 Å². The molecule has 0 unspecified atom stereocenters. The largest absolute Gasteiger partial charge is 0.491 e. The molecule has 2 aromatic heterocycles. The highest BCUT2D eigenvalue weighted by Gasteiger charge is 2.24. The quantitative estimate of drug-likeness (QED) is 0.423. The lowest BCUT2D eigenvalue weighted by Gasteiger charge is -2.34. The van der Waals surface area contributed by atoms with Crippen LogP contribution in [-0.2, 0) is 13.2 Å². The number of carbonyl (C=O) groups excluding carboxylic acids is 1. The summed E-state index contributed by atoms with van der Waals surface area (Å²) in [5.41, 5.74) is 0.520. The van der Waals surface area contributed by atoms with E-state index in [1.807, 2.05) is 4.90 Å². The molecule has 1 saturated heterocycles. The Balaban J connectivity index is 1.32. The summed E-state index contributed by atoms with van der Waals surface area (Å²) in [5, 5.41) is 18.6. The van der Waals surface area contributed by atoms with Crippen LogP contribution in [0.3, 0.4) is 0 Å². The van der Waals surface area contributed by atoms with E-state index in [0.29, 0.717) is 26.2 Å². The highest BCUT2D eigenvalue weighted by atomic mass is 19.2. The van der Waals surface area contributed by atoms with Gasteiger partial charge in [0.05, 0.1) is 0 Å². The minimum Gasteiger partial charge on any atom is -0.390 e. The van der Waals surface area contributed by atoms with Crippen LogP contribution in [0.25, 0.3) is 0 Å². The van der Waals surface area contributed by atoms with E-state index in [2.05, 4.69) is 15.2 Å². The van der Waals surface area contributed by atoms with Crippen LogP contribution < -0.4 is 0 Å². The molecule has 3 aromatic rings. The van der Waals surface area contributed by atoms with Crippen molar-refractivity contribution in [3.63, 3.8) is 0 Å². The van der Waals surface area contributed by atoms with Crippen LogP contribution in [0.1, 0.15) is 16.1 Å². The van der Waals surface area contributed by atoms with Gasteiger partial charge in [0, 0.05) is 49.6 Å². The lowest BCUT2D eigenvalue weighted by Crippen LogP contribution is -2.48. The maximum atomic E-state index is 13.9. The molecule has 13 heteroatoms. The number of nitro groups is 1. The van der Waals surface area contributed by atoms with E-state index >= 15 is 0 Å². The van der Waals surface area contributed by atoms with Crippen LogP contribution in [0.4, 0.5) is 14.7 Å². The average Bonchev–Trinajstić information content (AvgIpc) is 3.42. The molecule has 0 bridgehead atoms. The molecule has 3 heterocycles. The second-order valence-electron chi connectivity index (χ2n) is 7.00. The Bertz CT molecular complexity index is 1110. The van der Waals surface area contributed by atoms with Gasteiger partial charge in [-0.1, -0.05) is 17.1 Å². The normalized spacial score (nSPS) is 14.7. The Kier molecular flexibility index (Phi) is 5.66. The predicted molar refractivity (Wildman–Crippen MR) is 102 cm³/mol. The van der Waals surface area contributed by atoms with Crippen LogP contribution in [-0.4, -0.2) is 71.4 Å². The number of rotatable bonds is 6. The third kappa shape index (κ3) is 4.55. The molecular weight excluding hydrogens is 414 g/mol. The number of amides is 1. The van der Waals surface area contributed by atoms with Gasteiger partial charge in [-0.25, -0.2) is 13.5 Å². The smallest absolute Gasteiger partial charge is 0.390 e. The lowest BCUT2D eigenvalue weighted by molar-refractivity contribution is -0.394. The van der Waals surface area contributed by atoms with E-state index in [0.717, 1.165) is 6.07 Å². The minimum atomic E-state index is -0.873. The van der Waals surface area contributed by atoms with Gasteiger partial charge in [0.15, 0.2) is 18.3 Å². The van der Waals surface area contributed by atoms with E-state index < -0.39 is 22.5 Å². The number of piperazine rings is 1. The molecule has 0 spiro atoms. The van der Waals surface area contributed by atoms with Crippen molar-refractivity contribution in [3.05, 3.63) is 69.8 Å². The number of hydrogen-bond donors (Lipinski definition) is 0. The molecule has 162 valence electrons. The molecule has 0 radical (unpaired) electrons. The molecule has 1 aliphatic rings. The number of nitrogens with zero attached hydrogens (tertiary/aromatic N) is 8. The summed E-state index contributed by atoms with van der Waals surface area (Å²) in [7, 11) is 0. The first-order valence-electron chi connectivity index (χ1n) is 9.42. The monoisotopic (exact) mass is 432 g/mol. The van der Waals surface area contributed by atoms with Gasteiger partial charge >= 0.3 is 5.95 Å². The number of benzene rings is 1. The van der Waals surface area contributed by atoms with Crippen molar-refractivity contribution in [3.8, 4) is 0 Å². The first-order valence-corrected chi connectivity index (χ1v) is 9.42. The molecule has 4 rings (SSSR count). The first-order chi connectivity index (χ1) is 14.9. The van der Waals surface area contributed by atoms with Crippen LogP contribution in [0.2, 0.25) is 0 Å². The number of hydrogen-bond acceptors (Lipinski definition) is 7. The van der Waals surface area contributed by atoms with Crippen molar-refractivity contribution in [2.45, 2.75) is 13.2 Å². The van der Waals surface area contributed by atoms with Crippen molar-refractivity contribution in [1.82, 2.24) is 34.3 Å². The van der Waals surface area contributed by atoms with E-state index in [4.69, 9.17) is 0 Å². The molecule has 1 fully saturated rings. The third-order valence-corrected chi connectivity index (χ3v) is 4.92. The Morgan fingerprint density at radius 1 is 1.10 bits per heavy atom. The lowest BCUT2D eigenvalue weighted by atomic mass is 10.1. The van der Waals surface area contributed by atoms with Gasteiger partial charge in [0.25, 0.3) is 5.91 Å². The van der Waals surface area contributed by atoms with E-state index in [-0.39, 0.29) is 30.4 Å². The maximum Gasteiger partial charge on any atom is 0.491 e. The number of aromatic nitrogens is 5. The van der Waals surface area contributed by atoms with Crippen molar-refractivity contribution in [1.29, 1.82) is 0 Å². The summed E-state index contributed by atoms with van der Waals surface area (Å²) >= 11 is 0. The fourth-order valence-corrected chi connectivity index (χ4v) is 3.32. The maximum absolute atomic E-state index is 13.9. The van der Waals surface area contributed by atoms with Gasteiger partial charge in [-0.05, 0) is 17.1 Å². The standard InChI is InChI=1S/C18H18F2N8O3/c19-14-3-1-2-13(16(14)20)10-24-6-8-25(9-7-24)17(29)15-4-5-26(22-15)12-27-11-21-18(23-27)28(30)31/h1-5,11H,6-10,12H2.